The Kier molecular flexibility index (Phi) is 6.30. The average molecular weight is 437 g/mol. The van der Waals surface area contributed by atoms with Gasteiger partial charge in [0.2, 0.25) is 5.91 Å². The molecule has 31 heavy (non-hydrogen) atoms. The summed E-state index contributed by atoms with van der Waals surface area (Å²) >= 11 is 1.71. The van der Waals surface area contributed by atoms with Gasteiger partial charge in [0.05, 0.1) is 26.8 Å². The number of rotatable bonds is 6. The number of aryl methyl sites for hydroxylation is 1. The molecule has 162 valence electrons. The average Bonchev–Trinajstić information content (AvgIpc) is 3.30. The predicted molar refractivity (Wildman–Crippen MR) is 126 cm³/mol. The number of nitrogens with one attached hydrogen (secondary N) is 1. The van der Waals surface area contributed by atoms with Crippen LogP contribution >= 0.6 is 11.3 Å². The van der Waals surface area contributed by atoms with E-state index < -0.39 is 0 Å². The summed E-state index contributed by atoms with van der Waals surface area (Å²) in [5, 5.41) is 5.19. The van der Waals surface area contributed by atoms with Crippen LogP contribution in [-0.4, -0.2) is 38.1 Å². The van der Waals surface area contributed by atoms with Crippen LogP contribution in [0.15, 0.2) is 47.8 Å². The van der Waals surface area contributed by atoms with Crippen molar-refractivity contribution in [3.8, 4) is 11.5 Å². The molecule has 0 saturated heterocycles. The van der Waals surface area contributed by atoms with E-state index in [2.05, 4.69) is 52.9 Å². The topological polar surface area (TPSA) is 50.8 Å². The quantitative estimate of drug-likeness (QED) is 0.593. The first-order valence-electron chi connectivity index (χ1n) is 10.4. The van der Waals surface area contributed by atoms with E-state index in [0.29, 0.717) is 12.3 Å². The first-order chi connectivity index (χ1) is 15.0. The fourth-order valence-electron chi connectivity index (χ4n) is 4.21. The number of benzene rings is 2. The number of hydrogen-bond donors (Lipinski definition) is 1. The second-order valence-electron chi connectivity index (χ2n) is 7.84. The maximum atomic E-state index is 13.0. The van der Waals surface area contributed by atoms with Crippen molar-refractivity contribution < 1.29 is 14.3 Å². The van der Waals surface area contributed by atoms with E-state index >= 15 is 0 Å². The van der Waals surface area contributed by atoms with E-state index in [1.54, 1.807) is 25.6 Å². The highest BCUT2D eigenvalue weighted by molar-refractivity contribution is 7.10. The third-order valence-corrected chi connectivity index (χ3v) is 6.94. The molecular weight excluding hydrogens is 408 g/mol. The Morgan fingerprint density at radius 1 is 1.13 bits per heavy atom. The van der Waals surface area contributed by atoms with Crippen LogP contribution in [0.4, 0.5) is 5.69 Å². The van der Waals surface area contributed by atoms with E-state index in [1.807, 2.05) is 19.1 Å². The van der Waals surface area contributed by atoms with Gasteiger partial charge in [0, 0.05) is 17.1 Å². The van der Waals surface area contributed by atoms with Crippen LogP contribution in [0.3, 0.4) is 0 Å². The zero-order chi connectivity index (χ0) is 22.0. The van der Waals surface area contributed by atoms with Crippen LogP contribution in [0.2, 0.25) is 0 Å². The SMILES string of the molecule is COc1cc2c(cc1OC)[C@H](c1cccs1)N(CC(=O)Nc1cccc(C)c1C)CC2. The van der Waals surface area contributed by atoms with Crippen molar-refractivity contribution in [3.63, 3.8) is 0 Å². The fourth-order valence-corrected chi connectivity index (χ4v) is 5.09. The minimum atomic E-state index is -0.000757. The molecule has 0 saturated carbocycles. The first-order valence-corrected chi connectivity index (χ1v) is 11.3. The number of thiophene rings is 1. The van der Waals surface area contributed by atoms with Crippen LogP contribution in [0.25, 0.3) is 0 Å². The van der Waals surface area contributed by atoms with E-state index in [9.17, 15) is 4.79 Å². The molecule has 0 aliphatic carbocycles. The van der Waals surface area contributed by atoms with Gasteiger partial charge in [-0.25, -0.2) is 0 Å². The van der Waals surface area contributed by atoms with Crippen molar-refractivity contribution >= 4 is 22.9 Å². The third-order valence-electron chi connectivity index (χ3n) is 6.01. The Balaban J connectivity index is 1.63. The van der Waals surface area contributed by atoms with Gasteiger partial charge in [0.1, 0.15) is 0 Å². The molecule has 0 fully saturated rings. The molecule has 0 bridgehead atoms. The molecule has 3 aromatic rings. The monoisotopic (exact) mass is 436 g/mol. The van der Waals surface area contributed by atoms with Crippen LogP contribution in [0.5, 0.6) is 11.5 Å². The standard InChI is InChI=1S/C25H28N2O3S/c1-16-7-5-8-20(17(16)2)26-24(28)15-27-11-10-18-13-21(29-3)22(30-4)14-19(18)25(27)23-9-6-12-31-23/h5-9,12-14,25H,10-11,15H2,1-4H3,(H,26,28)/t25-/m1/s1. The predicted octanol–water partition coefficient (Wildman–Crippen LogP) is 4.97. The first kappa shape index (κ1) is 21.4. The summed E-state index contributed by atoms with van der Waals surface area (Å²) in [5.74, 6) is 1.45. The second kappa shape index (κ2) is 9.12. The van der Waals surface area contributed by atoms with Gasteiger partial charge in [0.15, 0.2) is 11.5 Å². The second-order valence-corrected chi connectivity index (χ2v) is 8.82. The van der Waals surface area contributed by atoms with Crippen molar-refractivity contribution in [2.45, 2.75) is 26.3 Å². The summed E-state index contributed by atoms with van der Waals surface area (Å²) in [6, 6.07) is 14.3. The van der Waals surface area contributed by atoms with Crippen LogP contribution in [0, 0.1) is 13.8 Å². The lowest BCUT2D eigenvalue weighted by atomic mass is 9.91. The fraction of sp³-hybridized carbons (Fsp3) is 0.320. The molecule has 2 heterocycles. The molecule has 0 radical (unpaired) electrons. The van der Waals surface area contributed by atoms with E-state index in [-0.39, 0.29) is 11.9 Å². The number of methoxy groups -OCH3 is 2. The summed E-state index contributed by atoms with van der Waals surface area (Å²) < 4.78 is 11.1. The van der Waals surface area contributed by atoms with E-state index in [0.717, 1.165) is 30.0 Å². The highest BCUT2D eigenvalue weighted by Gasteiger charge is 2.32. The Morgan fingerprint density at radius 3 is 2.61 bits per heavy atom. The Hall–Kier alpha value is -2.83. The van der Waals surface area contributed by atoms with Crippen molar-refractivity contribution in [1.82, 2.24) is 4.90 Å². The minimum absolute atomic E-state index is 0.000757. The lowest BCUT2D eigenvalue weighted by Crippen LogP contribution is -2.41. The molecule has 1 aromatic heterocycles. The third kappa shape index (κ3) is 4.31. The van der Waals surface area contributed by atoms with Crippen molar-refractivity contribution in [2.24, 2.45) is 0 Å². The van der Waals surface area contributed by atoms with Crippen molar-refractivity contribution in [3.05, 3.63) is 75.0 Å². The minimum Gasteiger partial charge on any atom is -0.493 e. The van der Waals surface area contributed by atoms with Crippen LogP contribution in [-0.2, 0) is 11.2 Å². The Labute approximate surface area is 187 Å². The molecule has 2 aromatic carbocycles. The maximum absolute atomic E-state index is 13.0. The number of anilines is 1. The summed E-state index contributed by atoms with van der Waals surface area (Å²) in [5.41, 5.74) is 5.56. The Morgan fingerprint density at radius 2 is 1.90 bits per heavy atom. The number of ether oxygens (including phenoxy) is 2. The summed E-state index contributed by atoms with van der Waals surface area (Å²) in [7, 11) is 3.32. The van der Waals surface area contributed by atoms with Crippen molar-refractivity contribution in [1.29, 1.82) is 0 Å². The molecule has 0 spiro atoms. The molecular formula is C25H28N2O3S. The van der Waals surface area contributed by atoms with Gasteiger partial charge in [-0.3, -0.25) is 9.69 Å². The zero-order valence-corrected chi connectivity index (χ0v) is 19.2. The van der Waals surface area contributed by atoms with Gasteiger partial charge in [-0.15, -0.1) is 11.3 Å². The highest BCUT2D eigenvalue weighted by Crippen LogP contribution is 2.42. The largest absolute Gasteiger partial charge is 0.493 e. The number of hydrogen-bond acceptors (Lipinski definition) is 5. The van der Waals surface area contributed by atoms with E-state index in [1.165, 1.54) is 21.6 Å². The molecule has 1 N–H and O–H groups in total. The lowest BCUT2D eigenvalue weighted by molar-refractivity contribution is -0.117. The molecule has 5 nitrogen and oxygen atoms in total. The van der Waals surface area contributed by atoms with Crippen LogP contribution < -0.4 is 14.8 Å². The van der Waals surface area contributed by atoms with Gasteiger partial charge in [-0.1, -0.05) is 18.2 Å². The van der Waals surface area contributed by atoms with Crippen LogP contribution in [0.1, 0.15) is 33.2 Å². The van der Waals surface area contributed by atoms with Gasteiger partial charge in [0.25, 0.3) is 0 Å². The van der Waals surface area contributed by atoms with Gasteiger partial charge in [-0.05, 0) is 72.2 Å². The molecule has 6 heteroatoms. The Bertz CT molecular complexity index is 1080. The molecule has 0 unspecified atom stereocenters. The van der Waals surface area contributed by atoms with Gasteiger partial charge >= 0.3 is 0 Å². The summed E-state index contributed by atoms with van der Waals surface area (Å²) in [6.45, 7) is 5.21. The van der Waals surface area contributed by atoms with Gasteiger partial charge in [-0.2, -0.15) is 0 Å². The molecule has 1 aliphatic rings. The normalized spacial score (nSPS) is 15.9. The van der Waals surface area contributed by atoms with Gasteiger partial charge < -0.3 is 14.8 Å². The smallest absolute Gasteiger partial charge is 0.238 e. The molecule has 1 amide bonds. The number of carbonyl (C=O) groups excluding carboxylic acids is 1. The highest BCUT2D eigenvalue weighted by atomic mass is 32.1. The number of nitrogens with zero attached hydrogens (tertiary/aromatic N) is 1. The molecule has 1 aliphatic heterocycles. The number of amides is 1. The summed E-state index contributed by atoms with van der Waals surface area (Å²) in [4.78, 5) is 16.5. The molecule has 4 rings (SSSR count). The zero-order valence-electron chi connectivity index (χ0n) is 18.4. The van der Waals surface area contributed by atoms with E-state index in [4.69, 9.17) is 9.47 Å². The number of fused-ring (bicyclic) bond motifs is 1. The lowest BCUT2D eigenvalue weighted by Gasteiger charge is -2.37. The maximum Gasteiger partial charge on any atom is 0.238 e. The summed E-state index contributed by atoms with van der Waals surface area (Å²) in [6.07, 6.45) is 0.855. The van der Waals surface area contributed by atoms with Crippen molar-refractivity contribution in [2.75, 3.05) is 32.6 Å². The number of carbonyl (C=O) groups is 1. The molecule has 1 atom stereocenters.